The van der Waals surface area contributed by atoms with Crippen LogP contribution < -0.4 is 0 Å². The molecular weight excluding hydrogens is 352 g/mol. The lowest BCUT2D eigenvalue weighted by Gasteiger charge is -2.37. The predicted octanol–water partition coefficient (Wildman–Crippen LogP) is 4.67. The van der Waals surface area contributed by atoms with Gasteiger partial charge in [-0.25, -0.2) is 4.79 Å². The van der Waals surface area contributed by atoms with Gasteiger partial charge in [0.15, 0.2) is 0 Å². The predicted molar refractivity (Wildman–Crippen MR) is 108 cm³/mol. The van der Waals surface area contributed by atoms with E-state index >= 15 is 0 Å². The summed E-state index contributed by atoms with van der Waals surface area (Å²) >= 11 is 0. The minimum absolute atomic E-state index is 0.273. The van der Waals surface area contributed by atoms with Gasteiger partial charge in [-0.3, -0.25) is 4.98 Å². The fraction of sp³-hybridized carbons (Fsp3) is 0.304. The maximum atomic E-state index is 11.5. The average molecular weight is 373 g/mol. The topological polar surface area (TPSA) is 76.5 Å². The van der Waals surface area contributed by atoms with Gasteiger partial charge >= 0.3 is 5.97 Å². The molecule has 3 aromatic rings. The molecule has 2 aromatic carbocycles. The molecule has 2 heterocycles. The molecule has 2 aliphatic rings. The van der Waals surface area contributed by atoms with Crippen molar-refractivity contribution in [3.05, 3.63) is 71.1 Å². The number of hydrogen-bond acceptors (Lipinski definition) is 4. The molecule has 1 atom stereocenters. The van der Waals surface area contributed by atoms with Crippen molar-refractivity contribution in [1.82, 2.24) is 10.0 Å². The van der Waals surface area contributed by atoms with Gasteiger partial charge in [-0.1, -0.05) is 36.4 Å². The number of piperidine rings is 1. The molecule has 1 spiro atoms. The summed E-state index contributed by atoms with van der Waals surface area (Å²) in [4.78, 5) is 15.7. The lowest BCUT2D eigenvalue weighted by molar-refractivity contribution is 0.0699. The Morgan fingerprint density at radius 2 is 1.79 bits per heavy atom. The number of aromatic nitrogens is 1. The molecule has 1 aliphatic carbocycles. The summed E-state index contributed by atoms with van der Waals surface area (Å²) < 4.78 is 0. The Labute approximate surface area is 163 Å². The van der Waals surface area contributed by atoms with Gasteiger partial charge in [-0.2, -0.15) is 0 Å². The Morgan fingerprint density at radius 3 is 2.50 bits per heavy atom. The van der Waals surface area contributed by atoms with Gasteiger partial charge in [0.1, 0.15) is 0 Å². The zero-order valence-corrected chi connectivity index (χ0v) is 15.5. The third-order valence-corrected chi connectivity index (χ3v) is 6.53. The van der Waals surface area contributed by atoms with Gasteiger partial charge in [0.25, 0.3) is 0 Å². The standard InChI is InChI=1S/C23H21N2O3/c26-22(27)19-7-10-24-21-13-17(5-6-18(19)21)15-1-3-16(4-2-15)20-14-23(20)8-11-25(28)12-9-23/h1-7,10,13,20H,8-9,11-12,14H2,(H,26,27)/q-1. The van der Waals surface area contributed by atoms with Gasteiger partial charge in [0, 0.05) is 11.6 Å². The monoisotopic (exact) mass is 373 g/mol. The molecule has 1 aliphatic heterocycles. The summed E-state index contributed by atoms with van der Waals surface area (Å²) in [6.45, 7) is 1.33. The number of pyridine rings is 1. The zero-order chi connectivity index (χ0) is 19.3. The second-order valence-corrected chi connectivity index (χ2v) is 8.07. The van der Waals surface area contributed by atoms with E-state index in [0.29, 0.717) is 35.3 Å². The zero-order valence-electron chi connectivity index (χ0n) is 15.5. The third-order valence-electron chi connectivity index (χ3n) is 6.53. The van der Waals surface area contributed by atoms with Crippen molar-refractivity contribution >= 4 is 16.9 Å². The number of carboxylic acids is 1. The minimum Gasteiger partial charge on any atom is -0.785 e. The Kier molecular flexibility index (Phi) is 3.96. The second kappa shape index (κ2) is 6.40. The largest absolute Gasteiger partial charge is 0.785 e. The molecule has 0 radical (unpaired) electrons. The number of carbonyl (C=O) groups is 1. The maximum absolute atomic E-state index is 11.5. The quantitative estimate of drug-likeness (QED) is 0.722. The first-order chi connectivity index (χ1) is 13.6. The van der Waals surface area contributed by atoms with Crippen LogP contribution in [0.25, 0.3) is 22.0 Å². The first-order valence-electron chi connectivity index (χ1n) is 9.70. The number of rotatable bonds is 3. The summed E-state index contributed by atoms with van der Waals surface area (Å²) in [7, 11) is 0. The van der Waals surface area contributed by atoms with Gasteiger partial charge < -0.3 is 15.4 Å². The highest BCUT2D eigenvalue weighted by Crippen LogP contribution is 2.64. The van der Waals surface area contributed by atoms with E-state index in [4.69, 9.17) is 0 Å². The highest BCUT2D eigenvalue weighted by atomic mass is 16.5. The van der Waals surface area contributed by atoms with Crippen molar-refractivity contribution < 1.29 is 9.90 Å². The van der Waals surface area contributed by atoms with Crippen LogP contribution in [0.3, 0.4) is 0 Å². The highest BCUT2D eigenvalue weighted by molar-refractivity contribution is 6.03. The van der Waals surface area contributed by atoms with Crippen LogP contribution in [0.1, 0.15) is 41.1 Å². The van der Waals surface area contributed by atoms with Crippen molar-refractivity contribution in [2.75, 3.05) is 13.1 Å². The summed E-state index contributed by atoms with van der Waals surface area (Å²) in [5, 5.41) is 22.6. The van der Waals surface area contributed by atoms with E-state index in [-0.39, 0.29) is 5.56 Å². The molecule has 28 heavy (non-hydrogen) atoms. The number of carboxylic acid groups (broad SMARTS) is 1. The molecule has 1 aromatic heterocycles. The van der Waals surface area contributed by atoms with Crippen molar-refractivity contribution in [3.63, 3.8) is 0 Å². The molecule has 1 unspecified atom stereocenters. The molecule has 5 rings (SSSR count). The first-order valence-corrected chi connectivity index (χ1v) is 9.70. The number of hydrogen-bond donors (Lipinski definition) is 1. The Balaban J connectivity index is 1.40. The van der Waals surface area contributed by atoms with Gasteiger partial charge in [-0.05, 0) is 72.5 Å². The molecule has 1 saturated heterocycles. The molecule has 0 bridgehead atoms. The number of nitrogens with zero attached hydrogens (tertiary/aromatic N) is 2. The number of hydroxylamine groups is 2. The van der Waals surface area contributed by atoms with E-state index in [0.717, 1.165) is 24.0 Å². The first kappa shape index (κ1) is 17.3. The van der Waals surface area contributed by atoms with Crippen LogP contribution in [0.2, 0.25) is 0 Å². The van der Waals surface area contributed by atoms with Crippen molar-refractivity contribution in [1.29, 1.82) is 0 Å². The molecule has 142 valence electrons. The Hall–Kier alpha value is -2.76. The second-order valence-electron chi connectivity index (χ2n) is 8.07. The minimum atomic E-state index is -0.939. The summed E-state index contributed by atoms with van der Waals surface area (Å²) in [6.07, 6.45) is 4.74. The van der Waals surface area contributed by atoms with E-state index in [2.05, 4.69) is 29.2 Å². The number of fused-ring (bicyclic) bond motifs is 1. The fourth-order valence-electron chi connectivity index (χ4n) is 4.73. The summed E-state index contributed by atoms with van der Waals surface area (Å²) in [5.74, 6) is -0.364. The average Bonchev–Trinajstić information content (AvgIpc) is 3.43. The van der Waals surface area contributed by atoms with Gasteiger partial charge in [-0.15, -0.1) is 0 Å². The van der Waals surface area contributed by atoms with E-state index in [9.17, 15) is 15.1 Å². The van der Waals surface area contributed by atoms with Crippen molar-refractivity contribution in [2.45, 2.75) is 25.2 Å². The van der Waals surface area contributed by atoms with E-state index in [1.165, 1.54) is 23.1 Å². The van der Waals surface area contributed by atoms with E-state index in [1.807, 2.05) is 18.2 Å². The van der Waals surface area contributed by atoms with E-state index < -0.39 is 5.97 Å². The van der Waals surface area contributed by atoms with Crippen LogP contribution in [0.15, 0.2) is 54.7 Å². The van der Waals surface area contributed by atoms with Gasteiger partial charge in [0.2, 0.25) is 0 Å². The molecule has 5 heteroatoms. The van der Waals surface area contributed by atoms with Crippen LogP contribution in [0.4, 0.5) is 0 Å². The van der Waals surface area contributed by atoms with Crippen LogP contribution in [-0.2, 0) is 0 Å². The summed E-state index contributed by atoms with van der Waals surface area (Å²) in [5.41, 5.74) is 4.79. The maximum Gasteiger partial charge on any atom is 0.336 e. The fourth-order valence-corrected chi connectivity index (χ4v) is 4.73. The van der Waals surface area contributed by atoms with Crippen LogP contribution >= 0.6 is 0 Å². The molecule has 1 N–H and O–H groups in total. The van der Waals surface area contributed by atoms with Crippen LogP contribution in [0.5, 0.6) is 0 Å². The van der Waals surface area contributed by atoms with Crippen LogP contribution in [-0.4, -0.2) is 34.2 Å². The SMILES string of the molecule is O=C(O)c1ccnc2cc(-c3ccc(C4CC45CCN([O-])CC5)cc3)ccc12. The molecule has 2 fully saturated rings. The Morgan fingerprint density at radius 1 is 1.07 bits per heavy atom. The van der Waals surface area contributed by atoms with Crippen LogP contribution in [0, 0.1) is 10.6 Å². The normalized spacial score (nSPS) is 21.1. The molecule has 0 amide bonds. The van der Waals surface area contributed by atoms with Crippen molar-refractivity contribution in [3.8, 4) is 11.1 Å². The van der Waals surface area contributed by atoms with Crippen molar-refractivity contribution in [2.24, 2.45) is 5.41 Å². The molecule has 5 nitrogen and oxygen atoms in total. The molecule has 1 saturated carbocycles. The number of benzene rings is 2. The van der Waals surface area contributed by atoms with Gasteiger partial charge in [0.05, 0.1) is 11.1 Å². The molecular formula is C23H21N2O3-. The highest BCUT2D eigenvalue weighted by Gasteiger charge is 2.54. The summed E-state index contributed by atoms with van der Waals surface area (Å²) in [6, 6.07) is 15.9. The smallest absolute Gasteiger partial charge is 0.336 e. The third kappa shape index (κ3) is 2.87. The lowest BCUT2D eigenvalue weighted by Crippen LogP contribution is -2.30. The van der Waals surface area contributed by atoms with E-state index in [1.54, 1.807) is 6.20 Å². The Bertz CT molecular complexity index is 1050. The lowest BCUT2D eigenvalue weighted by atomic mass is 9.89. The number of aromatic carboxylic acids is 1.